The zero-order valence-electron chi connectivity index (χ0n) is 14.2. The second-order valence-corrected chi connectivity index (χ2v) is 6.39. The van der Waals surface area contributed by atoms with Crippen LogP contribution in [0.3, 0.4) is 0 Å². The summed E-state index contributed by atoms with van der Waals surface area (Å²) in [6.07, 6.45) is 4.69. The van der Waals surface area contributed by atoms with Crippen LogP contribution >= 0.6 is 0 Å². The van der Waals surface area contributed by atoms with Crippen LogP contribution in [0.4, 0.5) is 4.79 Å². The van der Waals surface area contributed by atoms with Crippen molar-refractivity contribution < 1.29 is 19.1 Å². The van der Waals surface area contributed by atoms with Crippen molar-refractivity contribution in [3.8, 4) is 0 Å². The number of rotatable bonds is 8. The van der Waals surface area contributed by atoms with Gasteiger partial charge in [-0.2, -0.15) is 0 Å². The van der Waals surface area contributed by atoms with Gasteiger partial charge in [-0.1, -0.05) is 20.4 Å². The van der Waals surface area contributed by atoms with E-state index >= 15 is 0 Å². The van der Waals surface area contributed by atoms with E-state index in [0.717, 1.165) is 19.3 Å². The van der Waals surface area contributed by atoms with Crippen LogP contribution in [-0.4, -0.2) is 42.4 Å². The van der Waals surface area contributed by atoms with Crippen LogP contribution in [0, 0.1) is 11.8 Å². The highest BCUT2D eigenvalue weighted by Crippen LogP contribution is 2.23. The summed E-state index contributed by atoms with van der Waals surface area (Å²) < 4.78 is 5.23. The number of hydrogen-bond donors (Lipinski definition) is 1. The molecular weight excluding hydrogens is 296 g/mol. The highest BCUT2D eigenvalue weighted by molar-refractivity contribution is 6.36. The third-order valence-electron chi connectivity index (χ3n) is 3.92. The molecule has 1 aliphatic heterocycles. The highest BCUT2D eigenvalue weighted by atomic mass is 16.6. The molecule has 1 rings (SSSR count). The van der Waals surface area contributed by atoms with E-state index in [1.54, 1.807) is 4.90 Å². The van der Waals surface area contributed by atoms with E-state index in [0.29, 0.717) is 38.0 Å². The third kappa shape index (κ3) is 7.30. The smallest absolute Gasteiger partial charge is 0.409 e. The number of Topliss-reactive ketones (excluding diaryl/α,β-unsaturated/α-hetero) is 1. The summed E-state index contributed by atoms with van der Waals surface area (Å²) in [6.45, 7) is 9.23. The van der Waals surface area contributed by atoms with Crippen molar-refractivity contribution in [1.82, 2.24) is 10.2 Å². The number of hydrogen-bond acceptors (Lipinski definition) is 4. The van der Waals surface area contributed by atoms with Crippen molar-refractivity contribution in [2.24, 2.45) is 11.8 Å². The second-order valence-electron chi connectivity index (χ2n) is 6.39. The van der Waals surface area contributed by atoms with Gasteiger partial charge in [0, 0.05) is 19.5 Å². The van der Waals surface area contributed by atoms with Crippen molar-refractivity contribution >= 4 is 17.8 Å². The Bertz CT molecular complexity index is 426. The normalized spacial score (nSPS) is 15.3. The van der Waals surface area contributed by atoms with Crippen LogP contribution in [0.1, 0.15) is 46.0 Å². The molecule has 0 radical (unpaired) electrons. The van der Waals surface area contributed by atoms with Gasteiger partial charge in [0.2, 0.25) is 5.78 Å². The summed E-state index contributed by atoms with van der Waals surface area (Å²) in [4.78, 5) is 36.4. The molecule has 1 saturated heterocycles. The summed E-state index contributed by atoms with van der Waals surface area (Å²) in [7, 11) is 0. The fourth-order valence-electron chi connectivity index (χ4n) is 2.57. The Hall–Kier alpha value is -1.85. The Morgan fingerprint density at radius 2 is 1.96 bits per heavy atom. The summed E-state index contributed by atoms with van der Waals surface area (Å²) in [6, 6.07) is 0. The first-order valence-electron chi connectivity index (χ1n) is 8.30. The van der Waals surface area contributed by atoms with Gasteiger partial charge in [-0.25, -0.2) is 4.79 Å². The fraction of sp³-hybridized carbons (Fsp3) is 0.706. The van der Waals surface area contributed by atoms with Crippen molar-refractivity contribution in [3.05, 3.63) is 12.8 Å². The molecular formula is C17H28N2O4. The zero-order valence-corrected chi connectivity index (χ0v) is 14.2. The number of piperidine rings is 1. The minimum atomic E-state index is -0.595. The van der Waals surface area contributed by atoms with Crippen molar-refractivity contribution in [2.45, 2.75) is 46.0 Å². The quantitative estimate of drug-likeness (QED) is 0.696. The predicted molar refractivity (Wildman–Crippen MR) is 87.7 cm³/mol. The molecule has 0 spiro atoms. The lowest BCUT2D eigenvalue weighted by atomic mass is 9.91. The van der Waals surface area contributed by atoms with Gasteiger partial charge in [-0.05, 0) is 43.7 Å². The lowest BCUT2D eigenvalue weighted by Crippen LogP contribution is -2.39. The number of carbonyl (C=O) groups excluding carboxylic acids is 3. The monoisotopic (exact) mass is 324 g/mol. The molecule has 1 heterocycles. The maximum atomic E-state index is 11.9. The summed E-state index contributed by atoms with van der Waals surface area (Å²) in [5.74, 6) is -0.158. The van der Waals surface area contributed by atoms with Crippen LogP contribution in [0.25, 0.3) is 0 Å². The van der Waals surface area contributed by atoms with Crippen LogP contribution in [0.2, 0.25) is 0 Å². The molecule has 0 aromatic carbocycles. The average molecular weight is 324 g/mol. The molecule has 23 heavy (non-hydrogen) atoms. The second kappa shape index (κ2) is 10.0. The maximum absolute atomic E-state index is 11.9. The van der Waals surface area contributed by atoms with Crippen LogP contribution in [-0.2, 0) is 14.3 Å². The zero-order chi connectivity index (χ0) is 17.2. The first-order chi connectivity index (χ1) is 10.9. The third-order valence-corrected chi connectivity index (χ3v) is 3.92. The molecule has 0 atom stereocenters. The molecule has 0 saturated carbocycles. The number of carbonyl (C=O) groups is 3. The van der Waals surface area contributed by atoms with E-state index < -0.39 is 11.7 Å². The SMILES string of the molecule is C=CNC(=O)C(=O)CCCC1CCN(C(=O)OCC(C)C)CC1. The molecule has 6 nitrogen and oxygen atoms in total. The van der Waals surface area contributed by atoms with Crippen molar-refractivity contribution in [2.75, 3.05) is 19.7 Å². The largest absolute Gasteiger partial charge is 0.449 e. The number of nitrogens with one attached hydrogen (secondary N) is 1. The molecule has 0 aromatic heterocycles. The lowest BCUT2D eigenvalue weighted by Gasteiger charge is -2.31. The molecule has 1 fully saturated rings. The van der Waals surface area contributed by atoms with E-state index in [-0.39, 0.29) is 12.5 Å². The number of amides is 2. The highest BCUT2D eigenvalue weighted by Gasteiger charge is 2.24. The molecule has 6 heteroatoms. The van der Waals surface area contributed by atoms with Gasteiger partial charge in [0.15, 0.2) is 0 Å². The van der Waals surface area contributed by atoms with Gasteiger partial charge >= 0.3 is 6.09 Å². The maximum Gasteiger partial charge on any atom is 0.409 e. The molecule has 0 aromatic rings. The van der Waals surface area contributed by atoms with Crippen LogP contribution in [0.5, 0.6) is 0 Å². The standard InChI is InChI=1S/C17H28N2O4/c1-4-18-16(21)15(20)7-5-6-14-8-10-19(11-9-14)17(22)23-12-13(2)3/h4,13-14H,1,5-12H2,2-3H3,(H,18,21). The Labute approximate surface area is 138 Å². The van der Waals surface area contributed by atoms with E-state index in [1.165, 1.54) is 6.20 Å². The van der Waals surface area contributed by atoms with Crippen LogP contribution < -0.4 is 5.32 Å². The van der Waals surface area contributed by atoms with Crippen LogP contribution in [0.15, 0.2) is 12.8 Å². The molecule has 1 N–H and O–H groups in total. The Morgan fingerprint density at radius 3 is 2.52 bits per heavy atom. The van der Waals surface area contributed by atoms with E-state index in [4.69, 9.17) is 4.74 Å². The molecule has 1 aliphatic rings. The van der Waals surface area contributed by atoms with Gasteiger partial charge in [-0.15, -0.1) is 0 Å². The lowest BCUT2D eigenvalue weighted by molar-refractivity contribution is -0.137. The van der Waals surface area contributed by atoms with Gasteiger partial charge in [0.05, 0.1) is 6.61 Å². The minimum absolute atomic E-state index is 0.228. The molecule has 130 valence electrons. The summed E-state index contributed by atoms with van der Waals surface area (Å²) >= 11 is 0. The number of nitrogens with zero attached hydrogens (tertiary/aromatic N) is 1. The first-order valence-corrected chi connectivity index (χ1v) is 8.30. The number of ether oxygens (including phenoxy) is 1. The van der Waals surface area contributed by atoms with Crippen molar-refractivity contribution in [1.29, 1.82) is 0 Å². The Balaban J connectivity index is 2.19. The molecule has 0 bridgehead atoms. The minimum Gasteiger partial charge on any atom is -0.449 e. The van der Waals surface area contributed by atoms with Crippen molar-refractivity contribution in [3.63, 3.8) is 0 Å². The summed E-state index contributed by atoms with van der Waals surface area (Å²) in [5.41, 5.74) is 0. The predicted octanol–water partition coefficient (Wildman–Crippen LogP) is 2.49. The van der Waals surface area contributed by atoms with E-state index in [9.17, 15) is 14.4 Å². The topological polar surface area (TPSA) is 75.7 Å². The molecule has 0 aliphatic carbocycles. The molecule has 2 amide bonds. The summed E-state index contributed by atoms with van der Waals surface area (Å²) in [5, 5.41) is 2.29. The Kier molecular flexibility index (Phi) is 8.37. The van der Waals surface area contributed by atoms with E-state index in [1.807, 2.05) is 13.8 Å². The van der Waals surface area contributed by atoms with Gasteiger partial charge in [0.1, 0.15) is 0 Å². The van der Waals surface area contributed by atoms with E-state index in [2.05, 4.69) is 11.9 Å². The van der Waals surface area contributed by atoms with Gasteiger partial charge in [0.25, 0.3) is 5.91 Å². The Morgan fingerprint density at radius 1 is 1.30 bits per heavy atom. The average Bonchev–Trinajstić information content (AvgIpc) is 2.53. The van der Waals surface area contributed by atoms with Gasteiger partial charge < -0.3 is 15.0 Å². The molecule has 0 unspecified atom stereocenters. The number of ketones is 1. The fourth-order valence-corrected chi connectivity index (χ4v) is 2.57. The number of likely N-dealkylation sites (tertiary alicyclic amines) is 1. The van der Waals surface area contributed by atoms with Gasteiger partial charge in [-0.3, -0.25) is 9.59 Å². The first kappa shape index (κ1) is 19.2.